The molecule has 1 aromatic rings. The van der Waals surface area contributed by atoms with Gasteiger partial charge in [0, 0.05) is 19.0 Å². The van der Waals surface area contributed by atoms with Crippen LogP contribution in [-0.2, 0) is 15.8 Å². The summed E-state index contributed by atoms with van der Waals surface area (Å²) in [6.07, 6.45) is -2.94. The van der Waals surface area contributed by atoms with Crippen LogP contribution in [-0.4, -0.2) is 29.8 Å². The molecule has 0 aromatic heterocycles. The van der Waals surface area contributed by atoms with Crippen LogP contribution in [0.25, 0.3) is 0 Å². The SMILES string of the molecule is C=CC(=O)N1CCC(C(=O)Nc2cc(C(F)(F)F)c(Cl)cc2F)CC1. The molecule has 1 heterocycles. The van der Waals surface area contributed by atoms with Crippen LogP contribution in [0.5, 0.6) is 0 Å². The van der Waals surface area contributed by atoms with Crippen molar-refractivity contribution in [2.45, 2.75) is 19.0 Å². The van der Waals surface area contributed by atoms with E-state index in [1.807, 2.05) is 0 Å². The lowest BCUT2D eigenvalue weighted by molar-refractivity contribution is -0.137. The highest BCUT2D eigenvalue weighted by molar-refractivity contribution is 6.31. The summed E-state index contributed by atoms with van der Waals surface area (Å²) in [6, 6.07) is 0.997. The van der Waals surface area contributed by atoms with Crippen molar-refractivity contribution in [2.24, 2.45) is 5.92 Å². The quantitative estimate of drug-likeness (QED) is 0.641. The Bertz CT molecular complexity index is 698. The largest absolute Gasteiger partial charge is 0.417 e. The number of carbonyl (C=O) groups is 2. The molecule has 2 rings (SSSR count). The lowest BCUT2D eigenvalue weighted by Gasteiger charge is -2.30. The molecule has 0 spiro atoms. The predicted molar refractivity (Wildman–Crippen MR) is 84.5 cm³/mol. The van der Waals surface area contributed by atoms with Crippen LogP contribution in [0.2, 0.25) is 5.02 Å². The lowest BCUT2D eigenvalue weighted by Crippen LogP contribution is -2.40. The maximum atomic E-state index is 13.8. The maximum Gasteiger partial charge on any atom is 0.417 e. The van der Waals surface area contributed by atoms with Crippen LogP contribution >= 0.6 is 11.6 Å². The summed E-state index contributed by atoms with van der Waals surface area (Å²) in [6.45, 7) is 4.01. The molecule has 136 valence electrons. The number of piperidine rings is 1. The van der Waals surface area contributed by atoms with E-state index in [9.17, 15) is 27.2 Å². The fraction of sp³-hybridized carbons (Fsp3) is 0.375. The Balaban J connectivity index is 2.09. The van der Waals surface area contributed by atoms with E-state index in [1.165, 1.54) is 11.0 Å². The second-order valence-corrected chi connectivity index (χ2v) is 6.01. The molecule has 1 saturated heterocycles. The van der Waals surface area contributed by atoms with E-state index < -0.39 is 40.1 Å². The van der Waals surface area contributed by atoms with E-state index in [0.29, 0.717) is 38.1 Å². The number of alkyl halides is 3. The Morgan fingerprint density at radius 3 is 2.40 bits per heavy atom. The van der Waals surface area contributed by atoms with Crippen LogP contribution in [0, 0.1) is 11.7 Å². The standard InChI is InChI=1S/C16H15ClF4N2O2/c1-2-14(24)23-5-3-9(4-6-23)15(25)22-13-7-10(16(19,20)21)11(17)8-12(13)18/h2,7-9H,1,3-6H2,(H,22,25). The van der Waals surface area contributed by atoms with Crippen LogP contribution < -0.4 is 5.32 Å². The summed E-state index contributed by atoms with van der Waals surface area (Å²) in [5.41, 5.74) is -1.80. The zero-order valence-corrected chi connectivity index (χ0v) is 13.8. The highest BCUT2D eigenvalue weighted by Gasteiger charge is 2.35. The number of rotatable bonds is 3. The van der Waals surface area contributed by atoms with Crippen LogP contribution in [0.1, 0.15) is 18.4 Å². The fourth-order valence-electron chi connectivity index (χ4n) is 2.59. The Morgan fingerprint density at radius 1 is 1.28 bits per heavy atom. The number of nitrogens with zero attached hydrogens (tertiary/aromatic N) is 1. The smallest absolute Gasteiger partial charge is 0.339 e. The first kappa shape index (κ1) is 19.2. The normalized spacial score (nSPS) is 15.8. The Kier molecular flexibility index (Phi) is 5.72. The molecule has 25 heavy (non-hydrogen) atoms. The number of benzene rings is 1. The van der Waals surface area contributed by atoms with Gasteiger partial charge in [-0.05, 0) is 31.1 Å². The maximum absolute atomic E-state index is 13.8. The second kappa shape index (κ2) is 7.43. The molecular formula is C16H15ClF4N2O2. The Hall–Kier alpha value is -2.09. The van der Waals surface area contributed by atoms with E-state index in [2.05, 4.69) is 11.9 Å². The average molecular weight is 379 g/mol. The summed E-state index contributed by atoms with van der Waals surface area (Å²) >= 11 is 5.41. The van der Waals surface area contributed by atoms with Gasteiger partial charge < -0.3 is 10.2 Å². The number of nitrogens with one attached hydrogen (secondary N) is 1. The molecule has 0 aliphatic carbocycles. The fourth-order valence-corrected chi connectivity index (χ4v) is 2.85. The minimum atomic E-state index is -4.76. The topological polar surface area (TPSA) is 49.4 Å². The zero-order valence-electron chi connectivity index (χ0n) is 13.0. The summed E-state index contributed by atoms with van der Waals surface area (Å²) in [5.74, 6) is -2.43. The van der Waals surface area contributed by atoms with E-state index in [1.54, 1.807) is 0 Å². The van der Waals surface area contributed by atoms with Crippen molar-refractivity contribution >= 4 is 29.1 Å². The second-order valence-electron chi connectivity index (χ2n) is 5.60. The molecule has 0 atom stereocenters. The van der Waals surface area contributed by atoms with Crippen LogP contribution in [0.15, 0.2) is 24.8 Å². The number of hydrogen-bond acceptors (Lipinski definition) is 2. The van der Waals surface area contributed by atoms with Gasteiger partial charge in [-0.2, -0.15) is 13.2 Å². The van der Waals surface area contributed by atoms with Crippen LogP contribution in [0.3, 0.4) is 0 Å². The molecule has 1 N–H and O–H groups in total. The van der Waals surface area contributed by atoms with Crippen molar-refractivity contribution in [1.29, 1.82) is 0 Å². The number of carbonyl (C=O) groups excluding carboxylic acids is 2. The number of likely N-dealkylation sites (tertiary alicyclic amines) is 1. The van der Waals surface area contributed by atoms with Crippen molar-refractivity contribution in [1.82, 2.24) is 4.90 Å². The summed E-state index contributed by atoms with van der Waals surface area (Å²) in [4.78, 5) is 25.2. The van der Waals surface area contributed by atoms with Gasteiger partial charge in [0.1, 0.15) is 5.82 Å². The highest BCUT2D eigenvalue weighted by atomic mass is 35.5. The van der Waals surface area contributed by atoms with Gasteiger partial charge in [-0.25, -0.2) is 4.39 Å². The van der Waals surface area contributed by atoms with E-state index in [-0.39, 0.29) is 5.91 Å². The van der Waals surface area contributed by atoms with Crippen molar-refractivity contribution in [3.8, 4) is 0 Å². The Morgan fingerprint density at radius 2 is 1.88 bits per heavy atom. The molecule has 0 bridgehead atoms. The number of amides is 2. The van der Waals surface area contributed by atoms with Crippen molar-refractivity contribution in [3.05, 3.63) is 41.2 Å². The van der Waals surface area contributed by atoms with Crippen LogP contribution in [0.4, 0.5) is 23.2 Å². The van der Waals surface area contributed by atoms with E-state index >= 15 is 0 Å². The third kappa shape index (κ3) is 4.50. The molecular weight excluding hydrogens is 364 g/mol. The monoisotopic (exact) mass is 378 g/mol. The minimum absolute atomic E-state index is 0.252. The number of halogens is 5. The van der Waals surface area contributed by atoms with Gasteiger partial charge in [0.2, 0.25) is 11.8 Å². The van der Waals surface area contributed by atoms with Crippen molar-refractivity contribution in [2.75, 3.05) is 18.4 Å². The minimum Gasteiger partial charge on any atom is -0.339 e. The van der Waals surface area contributed by atoms with Gasteiger partial charge in [0.15, 0.2) is 0 Å². The average Bonchev–Trinajstić information content (AvgIpc) is 2.55. The molecule has 0 radical (unpaired) electrons. The third-order valence-corrected chi connectivity index (χ3v) is 4.28. The van der Waals surface area contributed by atoms with Gasteiger partial charge in [-0.15, -0.1) is 0 Å². The molecule has 9 heteroatoms. The van der Waals surface area contributed by atoms with Gasteiger partial charge in [0.05, 0.1) is 16.3 Å². The molecule has 1 aliphatic heterocycles. The summed E-state index contributed by atoms with van der Waals surface area (Å²) in [5, 5.41) is 1.40. The first-order valence-corrected chi connectivity index (χ1v) is 7.79. The molecule has 4 nitrogen and oxygen atoms in total. The predicted octanol–water partition coefficient (Wildman–Crippen LogP) is 3.86. The van der Waals surface area contributed by atoms with E-state index in [4.69, 9.17) is 11.6 Å². The highest BCUT2D eigenvalue weighted by Crippen LogP contribution is 2.37. The molecule has 1 aliphatic rings. The molecule has 2 amide bonds. The summed E-state index contributed by atoms with van der Waals surface area (Å²) in [7, 11) is 0. The Labute approximate surface area is 146 Å². The van der Waals surface area contributed by atoms with Gasteiger partial charge >= 0.3 is 6.18 Å². The molecule has 0 saturated carbocycles. The lowest BCUT2D eigenvalue weighted by atomic mass is 9.95. The number of hydrogen-bond donors (Lipinski definition) is 1. The molecule has 0 unspecified atom stereocenters. The molecule has 1 fully saturated rings. The number of anilines is 1. The van der Waals surface area contributed by atoms with Gasteiger partial charge in [0.25, 0.3) is 0 Å². The third-order valence-electron chi connectivity index (χ3n) is 3.97. The van der Waals surface area contributed by atoms with Crippen molar-refractivity contribution < 1.29 is 27.2 Å². The van der Waals surface area contributed by atoms with Gasteiger partial charge in [-0.3, -0.25) is 9.59 Å². The first-order valence-electron chi connectivity index (χ1n) is 7.42. The van der Waals surface area contributed by atoms with Gasteiger partial charge in [-0.1, -0.05) is 18.2 Å². The zero-order chi connectivity index (χ0) is 18.8. The van der Waals surface area contributed by atoms with E-state index in [0.717, 1.165) is 0 Å². The first-order chi connectivity index (χ1) is 11.6. The summed E-state index contributed by atoms with van der Waals surface area (Å²) < 4.78 is 52.3. The molecule has 1 aromatic carbocycles. The van der Waals surface area contributed by atoms with Crippen molar-refractivity contribution in [3.63, 3.8) is 0 Å².